The van der Waals surface area contributed by atoms with Crippen molar-refractivity contribution in [1.82, 2.24) is 14.9 Å². The van der Waals surface area contributed by atoms with E-state index in [0.29, 0.717) is 16.8 Å². The van der Waals surface area contributed by atoms with Gasteiger partial charge in [0.2, 0.25) is 11.8 Å². The molecule has 0 spiro atoms. The molecule has 0 aliphatic carbocycles. The fourth-order valence-corrected chi connectivity index (χ4v) is 4.45. The molecule has 28 heavy (non-hydrogen) atoms. The van der Waals surface area contributed by atoms with Gasteiger partial charge in [0.15, 0.2) is 5.13 Å². The summed E-state index contributed by atoms with van der Waals surface area (Å²) in [6, 6.07) is 0. The molecule has 3 rings (SSSR count). The van der Waals surface area contributed by atoms with Gasteiger partial charge >= 0.3 is 0 Å². The third-order valence-corrected chi connectivity index (χ3v) is 6.53. The van der Waals surface area contributed by atoms with Crippen LogP contribution in [0.3, 0.4) is 0 Å². The standard InChI is InChI=1S/C18H26N4O2S2.C2H6/c1-18(2,3)13-9-19-14(24-13)11-25-15-10-20-17(26-15)21-16(23)12-5-7-22(4)8-6-12;1-2/h9-10,12H,5-8,11H2,1-4H3,(H,20,21,23);1-2H3. The van der Waals surface area contributed by atoms with E-state index in [4.69, 9.17) is 4.42 Å². The first-order valence-corrected chi connectivity index (χ1v) is 11.6. The maximum absolute atomic E-state index is 12.4. The molecule has 8 heteroatoms. The summed E-state index contributed by atoms with van der Waals surface area (Å²) in [6.07, 6.45) is 5.42. The molecule has 2 aromatic rings. The van der Waals surface area contributed by atoms with E-state index in [1.807, 2.05) is 13.8 Å². The molecule has 3 heterocycles. The maximum atomic E-state index is 12.4. The van der Waals surface area contributed by atoms with Gasteiger partial charge in [-0.3, -0.25) is 4.79 Å². The minimum Gasteiger partial charge on any atom is -0.444 e. The van der Waals surface area contributed by atoms with Crippen LogP contribution >= 0.6 is 23.1 Å². The van der Waals surface area contributed by atoms with Crippen molar-refractivity contribution in [3.63, 3.8) is 0 Å². The van der Waals surface area contributed by atoms with Crippen molar-refractivity contribution in [1.29, 1.82) is 0 Å². The SMILES string of the molecule is CC.CN1CCC(C(=O)Nc2ncc(SCc3ncc(C(C)(C)C)o3)s2)CC1. The molecule has 0 radical (unpaired) electrons. The van der Waals surface area contributed by atoms with Gasteiger partial charge in [0, 0.05) is 11.3 Å². The van der Waals surface area contributed by atoms with E-state index in [1.165, 1.54) is 11.3 Å². The number of thiazole rings is 1. The fraction of sp³-hybridized carbons (Fsp3) is 0.650. The number of hydrogen-bond donors (Lipinski definition) is 1. The zero-order valence-electron chi connectivity index (χ0n) is 17.7. The number of aromatic nitrogens is 2. The molecule has 1 saturated heterocycles. The zero-order valence-corrected chi connectivity index (χ0v) is 19.4. The second-order valence-electron chi connectivity index (χ2n) is 7.71. The monoisotopic (exact) mass is 424 g/mol. The second-order valence-corrected chi connectivity index (χ2v) is 10.0. The number of likely N-dealkylation sites (tertiary alicyclic amines) is 1. The van der Waals surface area contributed by atoms with Crippen LogP contribution < -0.4 is 5.32 Å². The molecule has 1 amide bonds. The van der Waals surface area contributed by atoms with Crippen LogP contribution in [0.4, 0.5) is 5.13 Å². The van der Waals surface area contributed by atoms with E-state index in [0.717, 1.165) is 35.9 Å². The zero-order chi connectivity index (χ0) is 20.7. The average molecular weight is 425 g/mol. The van der Waals surface area contributed by atoms with Crippen molar-refractivity contribution in [2.24, 2.45) is 5.92 Å². The van der Waals surface area contributed by atoms with Crippen LogP contribution in [-0.2, 0) is 16.0 Å². The highest BCUT2D eigenvalue weighted by atomic mass is 32.2. The van der Waals surface area contributed by atoms with Crippen LogP contribution in [0.1, 0.15) is 59.1 Å². The Morgan fingerprint density at radius 2 is 1.96 bits per heavy atom. The average Bonchev–Trinajstić information content (AvgIpc) is 3.31. The number of carbonyl (C=O) groups is 1. The Balaban J connectivity index is 0.00000136. The van der Waals surface area contributed by atoms with Gasteiger partial charge in [-0.2, -0.15) is 0 Å². The maximum Gasteiger partial charge on any atom is 0.229 e. The largest absolute Gasteiger partial charge is 0.444 e. The summed E-state index contributed by atoms with van der Waals surface area (Å²) in [5.41, 5.74) is -0.0359. The highest BCUT2D eigenvalue weighted by molar-refractivity contribution is 8.00. The predicted molar refractivity (Wildman–Crippen MR) is 117 cm³/mol. The van der Waals surface area contributed by atoms with E-state index in [-0.39, 0.29) is 17.2 Å². The summed E-state index contributed by atoms with van der Waals surface area (Å²) < 4.78 is 6.85. The number of thioether (sulfide) groups is 1. The van der Waals surface area contributed by atoms with Crippen LogP contribution in [0.25, 0.3) is 0 Å². The molecule has 0 saturated carbocycles. The van der Waals surface area contributed by atoms with Crippen molar-refractivity contribution in [2.75, 3.05) is 25.5 Å². The molecule has 1 N–H and O–H groups in total. The normalized spacial score (nSPS) is 15.8. The van der Waals surface area contributed by atoms with Gasteiger partial charge in [0.1, 0.15) is 5.76 Å². The number of nitrogens with one attached hydrogen (secondary N) is 1. The third kappa shape index (κ3) is 6.60. The van der Waals surface area contributed by atoms with Gasteiger partial charge in [-0.1, -0.05) is 46.0 Å². The molecule has 6 nitrogen and oxygen atoms in total. The number of nitrogens with zero attached hydrogens (tertiary/aromatic N) is 3. The molecule has 2 aromatic heterocycles. The number of rotatable bonds is 5. The van der Waals surface area contributed by atoms with Crippen LogP contribution in [0.2, 0.25) is 0 Å². The summed E-state index contributed by atoms with van der Waals surface area (Å²) in [5, 5.41) is 3.63. The minimum atomic E-state index is -0.0359. The van der Waals surface area contributed by atoms with Crippen LogP contribution in [-0.4, -0.2) is 40.9 Å². The Labute approximate surface area is 176 Å². The molecule has 1 aliphatic rings. The molecule has 1 aliphatic heterocycles. The van der Waals surface area contributed by atoms with E-state index >= 15 is 0 Å². The summed E-state index contributed by atoms with van der Waals surface area (Å²) in [7, 11) is 2.09. The number of carbonyl (C=O) groups excluding carboxylic acids is 1. The Bertz CT molecular complexity index is 743. The van der Waals surface area contributed by atoms with Crippen molar-refractivity contribution >= 4 is 34.1 Å². The number of piperidine rings is 1. The van der Waals surface area contributed by atoms with Crippen molar-refractivity contribution < 1.29 is 9.21 Å². The Morgan fingerprint density at radius 3 is 2.57 bits per heavy atom. The molecule has 0 unspecified atom stereocenters. The smallest absolute Gasteiger partial charge is 0.229 e. The molecule has 0 atom stereocenters. The highest BCUT2D eigenvalue weighted by Gasteiger charge is 2.24. The lowest BCUT2D eigenvalue weighted by molar-refractivity contribution is -0.121. The van der Waals surface area contributed by atoms with Gasteiger partial charge in [-0.25, -0.2) is 9.97 Å². The number of amides is 1. The van der Waals surface area contributed by atoms with Crippen molar-refractivity contribution in [3.8, 4) is 0 Å². The molecular weight excluding hydrogens is 392 g/mol. The van der Waals surface area contributed by atoms with Gasteiger partial charge in [-0.05, 0) is 33.0 Å². The first-order chi connectivity index (χ1) is 13.3. The summed E-state index contributed by atoms with van der Waals surface area (Å²) >= 11 is 3.12. The highest BCUT2D eigenvalue weighted by Crippen LogP contribution is 2.32. The van der Waals surface area contributed by atoms with Gasteiger partial charge in [0.05, 0.1) is 22.4 Å². The summed E-state index contributed by atoms with van der Waals surface area (Å²) in [4.78, 5) is 23.3. The summed E-state index contributed by atoms with van der Waals surface area (Å²) in [6.45, 7) is 12.3. The molecule has 0 bridgehead atoms. The number of hydrogen-bond acceptors (Lipinski definition) is 7. The van der Waals surface area contributed by atoms with E-state index in [9.17, 15) is 4.79 Å². The fourth-order valence-electron chi connectivity index (χ4n) is 2.72. The molecule has 0 aromatic carbocycles. The van der Waals surface area contributed by atoms with Gasteiger partial charge < -0.3 is 14.6 Å². The Hall–Kier alpha value is -1.38. The van der Waals surface area contributed by atoms with E-state index in [1.54, 1.807) is 24.2 Å². The lowest BCUT2D eigenvalue weighted by Gasteiger charge is -2.27. The topological polar surface area (TPSA) is 71.3 Å². The third-order valence-electron chi connectivity index (χ3n) is 4.43. The second kappa shape index (κ2) is 10.4. The minimum absolute atomic E-state index is 0.0359. The van der Waals surface area contributed by atoms with E-state index < -0.39 is 0 Å². The molecule has 156 valence electrons. The quantitative estimate of drug-likeness (QED) is 0.679. The van der Waals surface area contributed by atoms with Gasteiger partial charge in [0.25, 0.3) is 0 Å². The molecular formula is C20H32N4O2S2. The first kappa shape index (κ1) is 22.9. The Kier molecular flexibility index (Phi) is 8.52. The van der Waals surface area contributed by atoms with Crippen LogP contribution in [0, 0.1) is 5.92 Å². The van der Waals surface area contributed by atoms with Crippen molar-refractivity contribution in [3.05, 3.63) is 24.0 Å². The molecule has 1 fully saturated rings. The number of oxazole rings is 1. The van der Waals surface area contributed by atoms with Crippen molar-refractivity contribution in [2.45, 2.75) is 62.8 Å². The van der Waals surface area contributed by atoms with Gasteiger partial charge in [-0.15, -0.1) is 11.8 Å². The lowest BCUT2D eigenvalue weighted by Crippen LogP contribution is -2.35. The lowest BCUT2D eigenvalue weighted by atomic mass is 9.94. The predicted octanol–water partition coefficient (Wildman–Crippen LogP) is 5.03. The first-order valence-electron chi connectivity index (χ1n) is 9.84. The van der Waals surface area contributed by atoms with Crippen LogP contribution in [0.5, 0.6) is 0 Å². The van der Waals surface area contributed by atoms with E-state index in [2.05, 4.69) is 48.0 Å². The van der Waals surface area contributed by atoms with Crippen LogP contribution in [0.15, 0.2) is 21.0 Å². The number of anilines is 1. The summed E-state index contributed by atoms with van der Waals surface area (Å²) in [5.74, 6) is 2.44. The Morgan fingerprint density at radius 1 is 1.29 bits per heavy atom.